The number of hydrogen-bond acceptors (Lipinski definition) is 6. The lowest BCUT2D eigenvalue weighted by atomic mass is 10.1. The SMILES string of the molecule is Cl.Cl.Nc1ccccc1CCC(=O)Nc1ccc2nc(N3CCOCC3)sc2c1. The van der Waals surface area contributed by atoms with Crippen molar-refractivity contribution in [3.05, 3.63) is 48.0 Å². The first-order valence-electron chi connectivity index (χ1n) is 9.05. The maximum Gasteiger partial charge on any atom is 0.224 e. The van der Waals surface area contributed by atoms with Crippen molar-refractivity contribution in [2.45, 2.75) is 12.8 Å². The van der Waals surface area contributed by atoms with Crippen LogP contribution in [0, 0.1) is 0 Å². The highest BCUT2D eigenvalue weighted by Crippen LogP contribution is 2.31. The summed E-state index contributed by atoms with van der Waals surface area (Å²) >= 11 is 1.65. The Morgan fingerprint density at radius 3 is 2.69 bits per heavy atom. The molecular formula is C20H24Cl2N4O2S. The second kappa shape index (κ2) is 10.6. The summed E-state index contributed by atoms with van der Waals surface area (Å²) in [5.74, 6) is -0.0180. The van der Waals surface area contributed by atoms with E-state index in [1.807, 2.05) is 42.5 Å². The Bertz CT molecular complexity index is 961. The van der Waals surface area contributed by atoms with Crippen LogP contribution in [0.5, 0.6) is 0 Å². The highest BCUT2D eigenvalue weighted by molar-refractivity contribution is 7.22. The van der Waals surface area contributed by atoms with Crippen molar-refractivity contribution in [1.29, 1.82) is 0 Å². The molecule has 1 aliphatic rings. The van der Waals surface area contributed by atoms with Crippen LogP contribution in [0.4, 0.5) is 16.5 Å². The lowest BCUT2D eigenvalue weighted by molar-refractivity contribution is -0.116. The zero-order valence-electron chi connectivity index (χ0n) is 15.8. The number of para-hydroxylation sites is 1. The van der Waals surface area contributed by atoms with Crippen LogP contribution in [-0.4, -0.2) is 37.2 Å². The predicted octanol–water partition coefficient (Wildman–Crippen LogP) is 4.13. The van der Waals surface area contributed by atoms with Gasteiger partial charge in [-0.15, -0.1) is 24.8 Å². The standard InChI is InChI=1S/C20H22N4O2S.2ClH/c21-16-4-2-1-3-14(16)5-8-19(25)22-15-6-7-17-18(13-15)27-20(23-17)24-9-11-26-12-10-24;;/h1-4,6-7,13H,5,8-12,21H2,(H,22,25);2*1H. The molecule has 4 rings (SSSR count). The average molecular weight is 455 g/mol. The van der Waals surface area contributed by atoms with E-state index in [9.17, 15) is 4.79 Å². The number of aromatic nitrogens is 1. The normalized spacial score (nSPS) is 13.4. The number of aryl methyl sites for hydroxylation is 1. The molecule has 2 aromatic carbocycles. The predicted molar refractivity (Wildman–Crippen MR) is 125 cm³/mol. The van der Waals surface area contributed by atoms with Crippen molar-refractivity contribution < 1.29 is 9.53 Å². The van der Waals surface area contributed by atoms with Gasteiger partial charge in [-0.3, -0.25) is 4.79 Å². The van der Waals surface area contributed by atoms with E-state index in [4.69, 9.17) is 15.5 Å². The number of carbonyl (C=O) groups excluding carboxylic acids is 1. The Hall–Kier alpha value is -2.06. The number of halogens is 2. The number of anilines is 3. The van der Waals surface area contributed by atoms with Crippen LogP contribution in [-0.2, 0) is 16.0 Å². The number of thiazole rings is 1. The van der Waals surface area contributed by atoms with Crippen LogP contribution < -0.4 is 16.0 Å². The van der Waals surface area contributed by atoms with E-state index in [0.717, 1.165) is 58.6 Å². The van der Waals surface area contributed by atoms with Crippen molar-refractivity contribution in [3.8, 4) is 0 Å². The molecule has 0 radical (unpaired) electrons. The summed E-state index contributed by atoms with van der Waals surface area (Å²) in [5.41, 5.74) is 9.42. The van der Waals surface area contributed by atoms with E-state index in [1.165, 1.54) is 0 Å². The van der Waals surface area contributed by atoms with Gasteiger partial charge in [0.25, 0.3) is 0 Å². The molecule has 156 valence electrons. The quantitative estimate of drug-likeness (QED) is 0.566. The maximum absolute atomic E-state index is 12.3. The monoisotopic (exact) mass is 454 g/mol. The van der Waals surface area contributed by atoms with Gasteiger partial charge in [0, 0.05) is 30.9 Å². The minimum absolute atomic E-state index is 0. The lowest BCUT2D eigenvalue weighted by Crippen LogP contribution is -2.36. The molecule has 6 nitrogen and oxygen atoms in total. The summed E-state index contributed by atoms with van der Waals surface area (Å²) in [6.45, 7) is 3.21. The first kappa shape index (κ1) is 23.2. The van der Waals surface area contributed by atoms with Gasteiger partial charge < -0.3 is 20.7 Å². The number of ether oxygens (including phenoxy) is 1. The Labute approximate surface area is 186 Å². The van der Waals surface area contributed by atoms with Crippen molar-refractivity contribution in [1.82, 2.24) is 4.98 Å². The number of fused-ring (bicyclic) bond motifs is 1. The first-order chi connectivity index (χ1) is 13.2. The van der Waals surface area contributed by atoms with Crippen LogP contribution in [0.2, 0.25) is 0 Å². The van der Waals surface area contributed by atoms with Gasteiger partial charge in [0.05, 0.1) is 23.4 Å². The molecule has 1 saturated heterocycles. The van der Waals surface area contributed by atoms with E-state index in [2.05, 4.69) is 10.2 Å². The van der Waals surface area contributed by atoms with Gasteiger partial charge in [-0.25, -0.2) is 4.98 Å². The molecule has 1 aromatic heterocycles. The number of nitrogens with zero attached hydrogens (tertiary/aromatic N) is 2. The van der Waals surface area contributed by atoms with Crippen LogP contribution in [0.3, 0.4) is 0 Å². The van der Waals surface area contributed by atoms with E-state index in [-0.39, 0.29) is 30.7 Å². The number of nitrogens with two attached hydrogens (primary N) is 1. The van der Waals surface area contributed by atoms with Crippen molar-refractivity contribution >= 4 is 68.8 Å². The number of amides is 1. The summed E-state index contributed by atoms with van der Waals surface area (Å²) in [6.07, 6.45) is 1.02. The Morgan fingerprint density at radius 1 is 1.17 bits per heavy atom. The van der Waals surface area contributed by atoms with Gasteiger partial charge in [-0.05, 0) is 36.2 Å². The fraction of sp³-hybridized carbons (Fsp3) is 0.300. The van der Waals surface area contributed by atoms with Crippen molar-refractivity contribution in [2.24, 2.45) is 0 Å². The van der Waals surface area contributed by atoms with E-state index in [0.29, 0.717) is 12.8 Å². The van der Waals surface area contributed by atoms with E-state index >= 15 is 0 Å². The smallest absolute Gasteiger partial charge is 0.224 e. The summed E-state index contributed by atoms with van der Waals surface area (Å²) < 4.78 is 6.47. The van der Waals surface area contributed by atoms with Crippen LogP contribution in [0.25, 0.3) is 10.2 Å². The number of carbonyl (C=O) groups is 1. The zero-order valence-corrected chi connectivity index (χ0v) is 18.2. The van der Waals surface area contributed by atoms with Crippen LogP contribution in [0.1, 0.15) is 12.0 Å². The van der Waals surface area contributed by atoms with Crippen molar-refractivity contribution in [2.75, 3.05) is 42.3 Å². The van der Waals surface area contributed by atoms with Gasteiger partial charge in [0.1, 0.15) is 0 Å². The number of hydrogen-bond donors (Lipinski definition) is 2. The largest absolute Gasteiger partial charge is 0.399 e. The summed E-state index contributed by atoms with van der Waals surface area (Å²) in [5, 5.41) is 3.99. The third-order valence-corrected chi connectivity index (χ3v) is 5.70. The topological polar surface area (TPSA) is 80.5 Å². The van der Waals surface area contributed by atoms with Crippen LogP contribution >= 0.6 is 36.2 Å². The molecule has 3 aromatic rings. The molecule has 0 spiro atoms. The van der Waals surface area contributed by atoms with Crippen LogP contribution in [0.15, 0.2) is 42.5 Å². The fourth-order valence-electron chi connectivity index (χ4n) is 3.11. The second-order valence-corrected chi connectivity index (χ2v) is 7.53. The maximum atomic E-state index is 12.3. The average Bonchev–Trinajstić information content (AvgIpc) is 3.11. The molecule has 0 aliphatic carbocycles. The molecule has 0 saturated carbocycles. The molecule has 1 fully saturated rings. The molecule has 0 atom stereocenters. The molecule has 2 heterocycles. The molecule has 29 heavy (non-hydrogen) atoms. The fourth-order valence-corrected chi connectivity index (χ4v) is 4.17. The van der Waals surface area contributed by atoms with Gasteiger partial charge in [0.15, 0.2) is 5.13 Å². The zero-order chi connectivity index (χ0) is 18.6. The minimum atomic E-state index is -0.0180. The summed E-state index contributed by atoms with van der Waals surface area (Å²) in [4.78, 5) is 19.3. The van der Waals surface area contributed by atoms with Gasteiger partial charge in [-0.2, -0.15) is 0 Å². The number of nitrogens with one attached hydrogen (secondary N) is 1. The third-order valence-electron chi connectivity index (χ3n) is 4.62. The summed E-state index contributed by atoms with van der Waals surface area (Å²) in [6, 6.07) is 13.5. The highest BCUT2D eigenvalue weighted by Gasteiger charge is 2.15. The van der Waals surface area contributed by atoms with E-state index in [1.54, 1.807) is 11.3 Å². The van der Waals surface area contributed by atoms with E-state index < -0.39 is 0 Å². The minimum Gasteiger partial charge on any atom is -0.399 e. The van der Waals surface area contributed by atoms with Gasteiger partial charge in [0.2, 0.25) is 5.91 Å². The highest BCUT2D eigenvalue weighted by atomic mass is 35.5. The molecule has 0 unspecified atom stereocenters. The third kappa shape index (κ3) is 5.73. The van der Waals surface area contributed by atoms with Gasteiger partial charge >= 0.3 is 0 Å². The second-order valence-electron chi connectivity index (χ2n) is 6.53. The Morgan fingerprint density at radius 2 is 1.93 bits per heavy atom. The first-order valence-corrected chi connectivity index (χ1v) is 9.87. The van der Waals surface area contributed by atoms with Crippen molar-refractivity contribution in [3.63, 3.8) is 0 Å². The number of morpholine rings is 1. The molecule has 0 bridgehead atoms. The number of nitrogen functional groups attached to an aromatic ring is 1. The number of rotatable bonds is 5. The summed E-state index contributed by atoms with van der Waals surface area (Å²) in [7, 11) is 0. The van der Waals surface area contributed by atoms with Gasteiger partial charge in [-0.1, -0.05) is 29.5 Å². The number of benzene rings is 2. The molecule has 1 amide bonds. The molecule has 9 heteroatoms. The lowest BCUT2D eigenvalue weighted by Gasteiger charge is -2.25. The Kier molecular flexibility index (Phi) is 8.52. The molecular weight excluding hydrogens is 431 g/mol. The molecule has 1 aliphatic heterocycles. The molecule has 3 N–H and O–H groups in total. The Balaban J connectivity index is 0.00000150.